The van der Waals surface area contributed by atoms with Gasteiger partial charge in [-0.25, -0.2) is 8.78 Å². The topological polar surface area (TPSA) is 66.6 Å². The maximum Gasteiger partial charge on any atom is 0.239 e. The second kappa shape index (κ2) is 7.70. The van der Waals surface area contributed by atoms with Gasteiger partial charge in [-0.3, -0.25) is 14.5 Å². The Balaban J connectivity index is 1.94. The van der Waals surface area contributed by atoms with E-state index in [-0.39, 0.29) is 24.3 Å². The highest BCUT2D eigenvalue weighted by Crippen LogP contribution is 2.19. The number of likely N-dealkylation sites (tertiary alicyclic amines) is 1. The smallest absolute Gasteiger partial charge is 0.239 e. The van der Waals surface area contributed by atoms with Gasteiger partial charge >= 0.3 is 0 Å². The fourth-order valence-corrected chi connectivity index (χ4v) is 2.89. The van der Waals surface area contributed by atoms with Gasteiger partial charge in [0, 0.05) is 37.2 Å². The number of hydrogen-bond acceptors (Lipinski definition) is 3. The van der Waals surface area contributed by atoms with Crippen molar-refractivity contribution in [2.45, 2.75) is 32.4 Å². The van der Waals surface area contributed by atoms with E-state index in [1.807, 2.05) is 0 Å². The number of carbonyl (C=O) groups is 2. The summed E-state index contributed by atoms with van der Waals surface area (Å²) in [6.07, 6.45) is 1.15. The van der Waals surface area contributed by atoms with Crippen molar-refractivity contribution in [3.8, 4) is 0 Å². The summed E-state index contributed by atoms with van der Waals surface area (Å²) in [5.41, 5.74) is 5.63. The highest BCUT2D eigenvalue weighted by molar-refractivity contribution is 5.82. The maximum absolute atomic E-state index is 13.7. The van der Waals surface area contributed by atoms with Crippen LogP contribution in [0.3, 0.4) is 0 Å². The van der Waals surface area contributed by atoms with Crippen molar-refractivity contribution in [2.75, 3.05) is 20.1 Å². The van der Waals surface area contributed by atoms with Crippen molar-refractivity contribution in [2.24, 2.45) is 11.7 Å². The second-order valence-electron chi connectivity index (χ2n) is 6.33. The maximum atomic E-state index is 13.7. The summed E-state index contributed by atoms with van der Waals surface area (Å²) in [5.74, 6) is -1.80. The van der Waals surface area contributed by atoms with Crippen molar-refractivity contribution >= 4 is 11.8 Å². The van der Waals surface area contributed by atoms with Gasteiger partial charge < -0.3 is 10.6 Å². The number of nitrogens with two attached hydrogens (primary N) is 1. The van der Waals surface area contributed by atoms with Crippen LogP contribution in [0.25, 0.3) is 0 Å². The van der Waals surface area contributed by atoms with Crippen LogP contribution in [0.5, 0.6) is 0 Å². The third-order valence-corrected chi connectivity index (χ3v) is 4.66. The van der Waals surface area contributed by atoms with Gasteiger partial charge in [0.15, 0.2) is 0 Å². The van der Waals surface area contributed by atoms with Gasteiger partial charge in [0.25, 0.3) is 0 Å². The number of rotatable bonds is 5. The molecule has 2 amide bonds. The minimum atomic E-state index is -0.625. The van der Waals surface area contributed by atoms with Gasteiger partial charge in [0.2, 0.25) is 11.8 Å². The first-order chi connectivity index (χ1) is 11.3. The number of benzene rings is 1. The zero-order valence-corrected chi connectivity index (χ0v) is 14.0. The SMILES string of the molecule is C[C@H](C(=O)N1CCC(C(N)=O)CC1)N(C)Cc1ccc(F)cc1F. The Hall–Kier alpha value is -2.02. The van der Waals surface area contributed by atoms with Crippen LogP contribution in [-0.4, -0.2) is 47.8 Å². The van der Waals surface area contributed by atoms with Gasteiger partial charge in [-0.2, -0.15) is 0 Å². The molecule has 0 aliphatic carbocycles. The Kier molecular flexibility index (Phi) is 5.88. The van der Waals surface area contributed by atoms with Gasteiger partial charge in [0.05, 0.1) is 6.04 Å². The second-order valence-corrected chi connectivity index (χ2v) is 6.33. The van der Waals surface area contributed by atoms with Crippen LogP contribution in [0.15, 0.2) is 18.2 Å². The minimum absolute atomic E-state index is 0.0667. The van der Waals surface area contributed by atoms with Crippen molar-refractivity contribution in [3.63, 3.8) is 0 Å². The van der Waals surface area contributed by atoms with E-state index in [1.165, 1.54) is 12.1 Å². The highest BCUT2D eigenvalue weighted by Gasteiger charge is 2.29. The quantitative estimate of drug-likeness (QED) is 0.884. The van der Waals surface area contributed by atoms with Gasteiger partial charge in [-0.05, 0) is 32.9 Å². The van der Waals surface area contributed by atoms with Crippen LogP contribution in [-0.2, 0) is 16.1 Å². The molecule has 0 unspecified atom stereocenters. The standard InChI is InChI=1S/C17H23F2N3O2/c1-11(17(24)22-7-5-12(6-8-22)16(20)23)21(2)10-13-3-4-14(18)9-15(13)19/h3-4,9,11-12H,5-8,10H2,1-2H3,(H2,20,23)/t11-/m1/s1. The molecule has 1 aromatic carbocycles. The lowest BCUT2D eigenvalue weighted by atomic mass is 9.96. The van der Waals surface area contributed by atoms with Crippen LogP contribution in [0, 0.1) is 17.6 Å². The van der Waals surface area contributed by atoms with Crippen LogP contribution >= 0.6 is 0 Å². The summed E-state index contributed by atoms with van der Waals surface area (Å²) in [5, 5.41) is 0. The van der Waals surface area contributed by atoms with Crippen molar-refractivity contribution in [3.05, 3.63) is 35.4 Å². The zero-order valence-electron chi connectivity index (χ0n) is 14.0. The molecule has 1 fully saturated rings. The van der Waals surface area contributed by atoms with Crippen LogP contribution in [0.1, 0.15) is 25.3 Å². The Labute approximate surface area is 140 Å². The Bertz CT molecular complexity index is 616. The van der Waals surface area contributed by atoms with Crippen LogP contribution < -0.4 is 5.73 Å². The lowest BCUT2D eigenvalue weighted by molar-refractivity contribution is -0.139. The van der Waals surface area contributed by atoms with E-state index < -0.39 is 17.7 Å². The number of halogens is 2. The molecule has 132 valence electrons. The molecular formula is C17H23F2N3O2. The first-order valence-electron chi connectivity index (χ1n) is 8.02. The Morgan fingerprint density at radius 3 is 2.50 bits per heavy atom. The van der Waals surface area contributed by atoms with Crippen LogP contribution in [0.4, 0.5) is 8.78 Å². The molecule has 0 radical (unpaired) electrons. The minimum Gasteiger partial charge on any atom is -0.369 e. The molecule has 2 rings (SSSR count). The average molecular weight is 339 g/mol. The zero-order chi connectivity index (χ0) is 17.9. The fourth-order valence-electron chi connectivity index (χ4n) is 2.89. The number of hydrogen-bond donors (Lipinski definition) is 1. The molecule has 1 aromatic rings. The summed E-state index contributed by atoms with van der Waals surface area (Å²) in [6, 6.07) is 2.98. The molecule has 0 aromatic heterocycles. The number of primary amides is 1. The molecule has 5 nitrogen and oxygen atoms in total. The molecule has 1 saturated heterocycles. The largest absolute Gasteiger partial charge is 0.369 e. The van der Waals surface area contributed by atoms with Gasteiger partial charge in [-0.1, -0.05) is 6.07 Å². The van der Waals surface area contributed by atoms with Crippen molar-refractivity contribution < 1.29 is 18.4 Å². The average Bonchev–Trinajstić information content (AvgIpc) is 2.56. The third kappa shape index (κ3) is 4.29. The molecule has 1 heterocycles. The number of amides is 2. The molecule has 1 atom stereocenters. The molecule has 2 N–H and O–H groups in total. The first kappa shape index (κ1) is 18.3. The van der Waals surface area contributed by atoms with Crippen molar-refractivity contribution in [1.29, 1.82) is 0 Å². The predicted octanol–water partition coefficient (Wildman–Crippen LogP) is 1.51. The molecule has 0 bridgehead atoms. The molecule has 24 heavy (non-hydrogen) atoms. The van der Waals surface area contributed by atoms with E-state index in [9.17, 15) is 18.4 Å². The number of nitrogens with zero attached hydrogens (tertiary/aromatic N) is 2. The van der Waals surface area contributed by atoms with Crippen LogP contribution in [0.2, 0.25) is 0 Å². The monoisotopic (exact) mass is 339 g/mol. The summed E-state index contributed by atoms with van der Waals surface area (Å²) >= 11 is 0. The lowest BCUT2D eigenvalue weighted by Gasteiger charge is -2.34. The van der Waals surface area contributed by atoms with Crippen molar-refractivity contribution in [1.82, 2.24) is 9.80 Å². The molecule has 1 aliphatic heterocycles. The number of piperidine rings is 1. The summed E-state index contributed by atoms with van der Waals surface area (Å²) in [6.45, 7) is 2.95. The normalized spacial score (nSPS) is 17.1. The van der Waals surface area contributed by atoms with E-state index in [1.54, 1.807) is 23.8 Å². The molecular weight excluding hydrogens is 316 g/mol. The number of carbonyl (C=O) groups excluding carboxylic acids is 2. The molecule has 0 spiro atoms. The van der Waals surface area contributed by atoms with E-state index >= 15 is 0 Å². The lowest BCUT2D eigenvalue weighted by Crippen LogP contribution is -2.49. The predicted molar refractivity (Wildman–Crippen MR) is 85.8 cm³/mol. The van der Waals surface area contributed by atoms with E-state index in [0.29, 0.717) is 31.5 Å². The first-order valence-corrected chi connectivity index (χ1v) is 8.02. The molecule has 7 heteroatoms. The summed E-state index contributed by atoms with van der Waals surface area (Å²) in [4.78, 5) is 27.2. The third-order valence-electron chi connectivity index (χ3n) is 4.66. The Morgan fingerprint density at radius 1 is 1.33 bits per heavy atom. The van der Waals surface area contributed by atoms with Gasteiger partial charge in [-0.15, -0.1) is 0 Å². The Morgan fingerprint density at radius 2 is 1.96 bits per heavy atom. The summed E-state index contributed by atoms with van der Waals surface area (Å²) < 4.78 is 26.7. The summed E-state index contributed by atoms with van der Waals surface area (Å²) in [7, 11) is 1.72. The van der Waals surface area contributed by atoms with E-state index in [4.69, 9.17) is 5.73 Å². The fraction of sp³-hybridized carbons (Fsp3) is 0.529. The molecule has 0 saturated carbocycles. The van der Waals surface area contributed by atoms with Gasteiger partial charge in [0.1, 0.15) is 11.6 Å². The van der Waals surface area contributed by atoms with E-state index in [0.717, 1.165) is 6.07 Å². The highest BCUT2D eigenvalue weighted by atomic mass is 19.1. The van der Waals surface area contributed by atoms with E-state index in [2.05, 4.69) is 0 Å². The molecule has 1 aliphatic rings. The number of likely N-dealkylation sites (N-methyl/N-ethyl adjacent to an activating group) is 1.